The first-order chi connectivity index (χ1) is 13.9. The molecule has 1 N–H and O–H groups in total. The van der Waals surface area contributed by atoms with Gasteiger partial charge in [0.1, 0.15) is 5.75 Å². The van der Waals surface area contributed by atoms with Gasteiger partial charge in [0.15, 0.2) is 0 Å². The van der Waals surface area contributed by atoms with Gasteiger partial charge in [-0.3, -0.25) is 20.2 Å². The largest absolute Gasteiger partial charge is 0.494 e. The molecular formula is C21H27N3O5. The summed E-state index contributed by atoms with van der Waals surface area (Å²) in [4.78, 5) is 20.8. The molecule has 0 aromatic heterocycles. The van der Waals surface area contributed by atoms with Crippen LogP contribution in [0.5, 0.6) is 5.75 Å². The Morgan fingerprint density at radius 3 is 2.07 bits per heavy atom. The van der Waals surface area contributed by atoms with E-state index in [4.69, 9.17) is 4.74 Å². The highest BCUT2D eigenvalue weighted by Gasteiger charge is 2.17. The summed E-state index contributed by atoms with van der Waals surface area (Å²) in [7, 11) is 0. The third-order valence-corrected chi connectivity index (χ3v) is 4.60. The van der Waals surface area contributed by atoms with Crippen LogP contribution in [0.25, 0.3) is 0 Å². The van der Waals surface area contributed by atoms with Crippen LogP contribution >= 0.6 is 0 Å². The summed E-state index contributed by atoms with van der Waals surface area (Å²) in [5.74, 6) is 0.794. The Morgan fingerprint density at radius 2 is 1.52 bits per heavy atom. The molecule has 0 aliphatic heterocycles. The van der Waals surface area contributed by atoms with Crippen LogP contribution < -0.4 is 10.1 Å². The van der Waals surface area contributed by atoms with Crippen molar-refractivity contribution >= 4 is 17.1 Å². The predicted molar refractivity (Wildman–Crippen MR) is 112 cm³/mol. The van der Waals surface area contributed by atoms with Crippen LogP contribution in [0.1, 0.15) is 57.6 Å². The van der Waals surface area contributed by atoms with Gasteiger partial charge in [-0.15, -0.1) is 0 Å². The number of nitrogens with one attached hydrogen (secondary N) is 1. The number of ether oxygens (including phenoxy) is 1. The lowest BCUT2D eigenvalue weighted by atomic mass is 10.1. The fourth-order valence-corrected chi connectivity index (χ4v) is 2.97. The predicted octanol–water partition coefficient (Wildman–Crippen LogP) is 6.03. The van der Waals surface area contributed by atoms with Crippen molar-refractivity contribution in [1.29, 1.82) is 0 Å². The molecule has 8 heteroatoms. The molecule has 2 rings (SSSR count). The molecule has 0 saturated carbocycles. The number of benzene rings is 2. The molecule has 0 bridgehead atoms. The van der Waals surface area contributed by atoms with Crippen LogP contribution in [-0.4, -0.2) is 16.5 Å². The maximum atomic E-state index is 11.0. The minimum Gasteiger partial charge on any atom is -0.494 e. The zero-order chi connectivity index (χ0) is 21.2. The Morgan fingerprint density at radius 1 is 0.931 bits per heavy atom. The van der Waals surface area contributed by atoms with E-state index in [1.165, 1.54) is 37.8 Å². The third kappa shape index (κ3) is 7.06. The minimum absolute atomic E-state index is 0.195. The summed E-state index contributed by atoms with van der Waals surface area (Å²) in [6, 6.07) is 10.9. The highest BCUT2D eigenvalue weighted by molar-refractivity contribution is 5.59. The SMILES string of the molecule is CCCCCCCOc1ccc(C(C)Nc2cc([N+](=O)[O-])cc([N+](=O)[O-])c2)cc1. The molecule has 1 unspecified atom stereocenters. The second-order valence-corrected chi connectivity index (χ2v) is 6.95. The quantitative estimate of drug-likeness (QED) is 0.264. The van der Waals surface area contributed by atoms with Crippen LogP contribution in [0, 0.1) is 20.2 Å². The highest BCUT2D eigenvalue weighted by atomic mass is 16.6. The van der Waals surface area contributed by atoms with Gasteiger partial charge in [0.25, 0.3) is 11.4 Å². The van der Waals surface area contributed by atoms with Gasteiger partial charge in [0, 0.05) is 23.9 Å². The van der Waals surface area contributed by atoms with Gasteiger partial charge in [0.05, 0.1) is 22.5 Å². The molecule has 0 aliphatic carbocycles. The summed E-state index contributed by atoms with van der Waals surface area (Å²) in [6.07, 6.45) is 5.91. The van der Waals surface area contributed by atoms with Gasteiger partial charge in [0.2, 0.25) is 0 Å². The number of nitro benzene ring substituents is 2. The molecule has 0 radical (unpaired) electrons. The van der Waals surface area contributed by atoms with Crippen LogP contribution in [0.3, 0.4) is 0 Å². The second kappa shape index (κ2) is 11.0. The van der Waals surface area contributed by atoms with Gasteiger partial charge >= 0.3 is 0 Å². The number of anilines is 1. The first kappa shape index (κ1) is 22.1. The second-order valence-electron chi connectivity index (χ2n) is 6.95. The lowest BCUT2D eigenvalue weighted by molar-refractivity contribution is -0.394. The monoisotopic (exact) mass is 401 g/mol. The van der Waals surface area contributed by atoms with Gasteiger partial charge < -0.3 is 10.1 Å². The molecule has 29 heavy (non-hydrogen) atoms. The average Bonchev–Trinajstić information content (AvgIpc) is 2.70. The molecule has 0 heterocycles. The average molecular weight is 401 g/mol. The maximum absolute atomic E-state index is 11.0. The molecule has 0 fully saturated rings. The first-order valence-corrected chi connectivity index (χ1v) is 9.84. The van der Waals surface area contributed by atoms with Crippen LogP contribution in [0.15, 0.2) is 42.5 Å². The smallest absolute Gasteiger partial charge is 0.278 e. The van der Waals surface area contributed by atoms with Crippen LogP contribution in [0.2, 0.25) is 0 Å². The molecule has 0 spiro atoms. The van der Waals surface area contributed by atoms with E-state index in [-0.39, 0.29) is 17.4 Å². The summed E-state index contributed by atoms with van der Waals surface area (Å²) in [6.45, 7) is 4.76. The zero-order valence-corrected chi connectivity index (χ0v) is 16.8. The van der Waals surface area contributed by atoms with Crippen molar-refractivity contribution in [1.82, 2.24) is 0 Å². The minimum atomic E-state index is -0.642. The molecule has 156 valence electrons. The normalized spacial score (nSPS) is 11.7. The van der Waals surface area contributed by atoms with Crippen molar-refractivity contribution in [3.8, 4) is 5.75 Å². The van der Waals surface area contributed by atoms with Crippen molar-refractivity contribution in [3.63, 3.8) is 0 Å². The van der Waals surface area contributed by atoms with E-state index < -0.39 is 9.85 Å². The Bertz CT molecular complexity index is 791. The number of hydrogen-bond donors (Lipinski definition) is 1. The van der Waals surface area contributed by atoms with E-state index >= 15 is 0 Å². The van der Waals surface area contributed by atoms with Crippen molar-refractivity contribution in [2.45, 2.75) is 52.0 Å². The summed E-state index contributed by atoms with van der Waals surface area (Å²) < 4.78 is 5.75. The molecule has 0 saturated heterocycles. The van der Waals surface area contributed by atoms with Crippen molar-refractivity contribution in [3.05, 3.63) is 68.3 Å². The van der Waals surface area contributed by atoms with Gasteiger partial charge in [-0.2, -0.15) is 0 Å². The fraction of sp³-hybridized carbons (Fsp3) is 0.429. The van der Waals surface area contributed by atoms with Crippen LogP contribution in [0.4, 0.5) is 17.1 Å². The lowest BCUT2D eigenvalue weighted by Crippen LogP contribution is -2.07. The van der Waals surface area contributed by atoms with Gasteiger partial charge in [-0.05, 0) is 31.0 Å². The number of nitro groups is 2. The number of unbranched alkanes of at least 4 members (excludes halogenated alkanes) is 4. The highest BCUT2D eigenvalue weighted by Crippen LogP contribution is 2.29. The van der Waals surface area contributed by atoms with E-state index in [0.717, 1.165) is 23.8 Å². The maximum Gasteiger partial charge on any atom is 0.278 e. The van der Waals surface area contributed by atoms with Crippen molar-refractivity contribution in [2.24, 2.45) is 0 Å². The molecular weight excluding hydrogens is 374 g/mol. The van der Waals surface area contributed by atoms with E-state index in [1.54, 1.807) is 0 Å². The van der Waals surface area contributed by atoms with E-state index in [1.807, 2.05) is 31.2 Å². The molecule has 0 aliphatic rings. The summed E-state index contributed by atoms with van der Waals surface area (Å²) >= 11 is 0. The molecule has 8 nitrogen and oxygen atoms in total. The van der Waals surface area contributed by atoms with Crippen molar-refractivity contribution in [2.75, 3.05) is 11.9 Å². The zero-order valence-electron chi connectivity index (χ0n) is 16.8. The van der Waals surface area contributed by atoms with E-state index in [2.05, 4.69) is 12.2 Å². The number of rotatable bonds is 12. The standard InChI is InChI=1S/C21H27N3O5/c1-3-4-5-6-7-12-29-21-10-8-17(9-11-21)16(2)22-18-13-19(23(25)26)15-20(14-18)24(27)28/h8-11,13-16,22H,3-7,12H2,1-2H3. The van der Waals surface area contributed by atoms with Gasteiger partial charge in [-0.1, -0.05) is 44.7 Å². The Hall–Kier alpha value is -3.16. The molecule has 1 atom stereocenters. The summed E-state index contributed by atoms with van der Waals surface area (Å²) in [5, 5.41) is 25.1. The third-order valence-electron chi connectivity index (χ3n) is 4.60. The molecule has 2 aromatic rings. The number of hydrogen-bond acceptors (Lipinski definition) is 6. The van der Waals surface area contributed by atoms with Gasteiger partial charge in [-0.25, -0.2) is 0 Å². The lowest BCUT2D eigenvalue weighted by Gasteiger charge is -2.16. The summed E-state index contributed by atoms with van der Waals surface area (Å²) in [5.41, 5.74) is 0.619. The van der Waals surface area contributed by atoms with E-state index in [0.29, 0.717) is 12.3 Å². The number of nitrogens with zero attached hydrogens (tertiary/aromatic N) is 2. The fourth-order valence-electron chi connectivity index (χ4n) is 2.97. The number of non-ortho nitro benzene ring substituents is 2. The molecule has 0 amide bonds. The molecule has 2 aromatic carbocycles. The topological polar surface area (TPSA) is 108 Å². The van der Waals surface area contributed by atoms with Crippen LogP contribution in [-0.2, 0) is 0 Å². The van der Waals surface area contributed by atoms with E-state index in [9.17, 15) is 20.2 Å². The van der Waals surface area contributed by atoms with Crippen molar-refractivity contribution < 1.29 is 14.6 Å². The Labute approximate surface area is 170 Å². The Balaban J connectivity index is 1.96. The Kier molecular flexibility index (Phi) is 8.39. The first-order valence-electron chi connectivity index (χ1n) is 9.84.